The van der Waals surface area contributed by atoms with Crippen molar-refractivity contribution in [1.82, 2.24) is 0 Å². The molecule has 3 rings (SSSR count). The highest BCUT2D eigenvalue weighted by molar-refractivity contribution is 5.88. The minimum atomic E-state index is -0.254. The summed E-state index contributed by atoms with van der Waals surface area (Å²) in [4.78, 5) is 14.3. The summed E-state index contributed by atoms with van der Waals surface area (Å²) >= 11 is 0. The topological polar surface area (TPSA) is 38.5 Å². The largest absolute Gasteiger partial charge is 0.497 e. The minimum absolute atomic E-state index is 0.0207. The monoisotopic (exact) mass is 297 g/mol. The smallest absolute Gasteiger partial charge is 0.331 e. The number of carbonyl (C=O) groups is 1. The minimum Gasteiger partial charge on any atom is -0.497 e. The first-order valence-electron chi connectivity index (χ1n) is 7.40. The van der Waals surface area contributed by atoms with E-state index in [0.717, 1.165) is 17.0 Å². The molecule has 114 valence electrons. The van der Waals surface area contributed by atoms with Gasteiger partial charge in [-0.2, -0.15) is 0 Å². The SMILES string of the molecule is CCOC(=O)[C@H]1[C@H](c2ccc(OC)cc2)N1c1ccccc1. The first kappa shape index (κ1) is 14.4. The second-order valence-corrected chi connectivity index (χ2v) is 5.16. The predicted molar refractivity (Wildman–Crippen MR) is 85.1 cm³/mol. The molecule has 0 aromatic heterocycles. The maximum atomic E-state index is 12.2. The number of rotatable bonds is 5. The number of para-hydroxylation sites is 1. The molecule has 0 bridgehead atoms. The second kappa shape index (κ2) is 6.10. The van der Waals surface area contributed by atoms with Crippen LogP contribution in [-0.4, -0.2) is 25.7 Å². The van der Waals surface area contributed by atoms with E-state index in [2.05, 4.69) is 4.90 Å². The van der Waals surface area contributed by atoms with E-state index in [-0.39, 0.29) is 18.1 Å². The lowest BCUT2D eigenvalue weighted by atomic mass is 10.1. The molecule has 0 spiro atoms. The maximum absolute atomic E-state index is 12.2. The zero-order valence-corrected chi connectivity index (χ0v) is 12.7. The highest BCUT2D eigenvalue weighted by atomic mass is 16.5. The fourth-order valence-corrected chi connectivity index (χ4v) is 2.77. The van der Waals surface area contributed by atoms with Crippen LogP contribution in [0.25, 0.3) is 0 Å². The number of benzene rings is 2. The molecular weight excluding hydrogens is 278 g/mol. The van der Waals surface area contributed by atoms with Crippen LogP contribution in [-0.2, 0) is 9.53 Å². The van der Waals surface area contributed by atoms with Crippen LogP contribution < -0.4 is 9.64 Å². The maximum Gasteiger partial charge on any atom is 0.331 e. The molecule has 2 aromatic rings. The van der Waals surface area contributed by atoms with Gasteiger partial charge in [0.1, 0.15) is 5.75 Å². The second-order valence-electron chi connectivity index (χ2n) is 5.16. The van der Waals surface area contributed by atoms with Gasteiger partial charge in [-0.15, -0.1) is 0 Å². The Morgan fingerprint density at radius 3 is 2.36 bits per heavy atom. The first-order chi connectivity index (χ1) is 10.8. The third kappa shape index (κ3) is 2.64. The highest BCUT2D eigenvalue weighted by Crippen LogP contribution is 2.47. The van der Waals surface area contributed by atoms with Crippen molar-refractivity contribution in [3.63, 3.8) is 0 Å². The first-order valence-corrected chi connectivity index (χ1v) is 7.40. The molecule has 0 aliphatic carbocycles. The molecule has 4 heteroatoms. The summed E-state index contributed by atoms with van der Waals surface area (Å²) in [6.07, 6.45) is 0. The lowest BCUT2D eigenvalue weighted by Gasteiger charge is -2.06. The lowest BCUT2D eigenvalue weighted by molar-refractivity contribution is -0.142. The molecule has 2 atom stereocenters. The van der Waals surface area contributed by atoms with E-state index in [1.807, 2.05) is 61.5 Å². The highest BCUT2D eigenvalue weighted by Gasteiger charge is 2.54. The van der Waals surface area contributed by atoms with Gasteiger partial charge in [-0.3, -0.25) is 0 Å². The molecule has 22 heavy (non-hydrogen) atoms. The number of methoxy groups -OCH3 is 1. The van der Waals surface area contributed by atoms with Gasteiger partial charge in [-0.25, -0.2) is 4.79 Å². The van der Waals surface area contributed by atoms with Crippen molar-refractivity contribution in [2.75, 3.05) is 18.6 Å². The average Bonchev–Trinajstić information content (AvgIpc) is 3.32. The van der Waals surface area contributed by atoms with E-state index in [4.69, 9.17) is 9.47 Å². The van der Waals surface area contributed by atoms with Crippen LogP contribution in [0.5, 0.6) is 5.75 Å². The molecule has 1 aliphatic rings. The number of anilines is 1. The standard InChI is InChI=1S/C18H19NO3/c1-3-22-18(20)17-16(13-9-11-15(21-2)12-10-13)19(17)14-7-5-4-6-8-14/h4-12,16-17H,3H2,1-2H3/t16-,17+,19?/m0/s1. The van der Waals surface area contributed by atoms with Crippen LogP contribution in [0.2, 0.25) is 0 Å². The molecule has 0 saturated carbocycles. The summed E-state index contributed by atoms with van der Waals surface area (Å²) < 4.78 is 10.4. The van der Waals surface area contributed by atoms with Crippen LogP contribution in [0.1, 0.15) is 18.5 Å². The molecule has 4 nitrogen and oxygen atoms in total. The Kier molecular flexibility index (Phi) is 4.00. The summed E-state index contributed by atoms with van der Waals surface area (Å²) in [6.45, 7) is 2.23. The molecule has 0 radical (unpaired) electrons. The Hall–Kier alpha value is -2.49. The summed E-state index contributed by atoms with van der Waals surface area (Å²) in [5, 5.41) is 0. The van der Waals surface area contributed by atoms with Crippen molar-refractivity contribution in [1.29, 1.82) is 0 Å². The molecule has 0 amide bonds. The van der Waals surface area contributed by atoms with Crippen molar-refractivity contribution in [2.24, 2.45) is 0 Å². The Morgan fingerprint density at radius 2 is 1.77 bits per heavy atom. The molecule has 1 aliphatic heterocycles. The van der Waals surface area contributed by atoms with Gasteiger partial charge in [-0.1, -0.05) is 30.3 Å². The van der Waals surface area contributed by atoms with Gasteiger partial charge in [0.25, 0.3) is 0 Å². The van der Waals surface area contributed by atoms with Gasteiger partial charge in [0.2, 0.25) is 0 Å². The lowest BCUT2D eigenvalue weighted by Crippen LogP contribution is -2.15. The fourth-order valence-electron chi connectivity index (χ4n) is 2.77. The van der Waals surface area contributed by atoms with Gasteiger partial charge < -0.3 is 14.4 Å². The third-order valence-electron chi connectivity index (χ3n) is 3.85. The summed E-state index contributed by atoms with van der Waals surface area (Å²) in [6, 6.07) is 17.5. The molecule has 1 heterocycles. The van der Waals surface area contributed by atoms with Crippen molar-refractivity contribution in [2.45, 2.75) is 19.0 Å². The molecular formula is C18H19NO3. The number of carbonyl (C=O) groups excluding carboxylic acids is 1. The van der Waals surface area contributed by atoms with Crippen LogP contribution in [0.3, 0.4) is 0 Å². The summed E-state index contributed by atoms with van der Waals surface area (Å²) in [5.41, 5.74) is 2.11. The quantitative estimate of drug-likeness (QED) is 0.627. The fraction of sp³-hybridized carbons (Fsp3) is 0.278. The Bertz CT molecular complexity index is 639. The van der Waals surface area contributed by atoms with Crippen molar-refractivity contribution in [3.05, 3.63) is 60.2 Å². The van der Waals surface area contributed by atoms with Crippen LogP contribution in [0.15, 0.2) is 54.6 Å². The van der Waals surface area contributed by atoms with Crippen LogP contribution >= 0.6 is 0 Å². The Balaban J connectivity index is 1.88. The number of hydrogen-bond donors (Lipinski definition) is 0. The van der Waals surface area contributed by atoms with Gasteiger partial charge >= 0.3 is 5.97 Å². The van der Waals surface area contributed by atoms with E-state index in [1.54, 1.807) is 7.11 Å². The average molecular weight is 297 g/mol. The molecule has 1 fully saturated rings. The number of nitrogens with zero attached hydrogens (tertiary/aromatic N) is 1. The number of ether oxygens (including phenoxy) is 2. The zero-order valence-electron chi connectivity index (χ0n) is 12.7. The van der Waals surface area contributed by atoms with Crippen molar-refractivity contribution in [3.8, 4) is 5.75 Å². The summed E-state index contributed by atoms with van der Waals surface area (Å²) in [7, 11) is 1.64. The van der Waals surface area contributed by atoms with Crippen molar-refractivity contribution < 1.29 is 14.3 Å². The van der Waals surface area contributed by atoms with E-state index in [0.29, 0.717) is 6.61 Å². The van der Waals surface area contributed by atoms with E-state index in [1.165, 1.54) is 0 Å². The Morgan fingerprint density at radius 1 is 1.09 bits per heavy atom. The number of hydrogen-bond acceptors (Lipinski definition) is 4. The molecule has 0 N–H and O–H groups in total. The van der Waals surface area contributed by atoms with Gasteiger partial charge in [-0.05, 0) is 36.8 Å². The Labute approximate surface area is 130 Å². The predicted octanol–water partition coefficient (Wildman–Crippen LogP) is 3.19. The normalized spacial score (nSPS) is 19.6. The van der Waals surface area contributed by atoms with E-state index < -0.39 is 0 Å². The van der Waals surface area contributed by atoms with E-state index in [9.17, 15) is 4.79 Å². The molecule has 1 saturated heterocycles. The third-order valence-corrected chi connectivity index (χ3v) is 3.85. The zero-order chi connectivity index (χ0) is 15.5. The van der Waals surface area contributed by atoms with Crippen molar-refractivity contribution >= 4 is 11.7 Å². The van der Waals surface area contributed by atoms with Crippen LogP contribution in [0.4, 0.5) is 5.69 Å². The van der Waals surface area contributed by atoms with E-state index >= 15 is 0 Å². The molecule has 0 unspecified atom stereocenters. The van der Waals surface area contributed by atoms with Gasteiger partial charge in [0.15, 0.2) is 6.04 Å². The van der Waals surface area contributed by atoms with Crippen LogP contribution in [0, 0.1) is 0 Å². The summed E-state index contributed by atoms with van der Waals surface area (Å²) in [5.74, 6) is 0.635. The van der Waals surface area contributed by atoms with Gasteiger partial charge in [0, 0.05) is 5.69 Å². The molecule has 2 aromatic carbocycles. The van der Waals surface area contributed by atoms with Gasteiger partial charge in [0.05, 0.1) is 19.8 Å². The number of esters is 1.